The number of hydrogen-bond acceptors (Lipinski definition) is 5. The van der Waals surface area contributed by atoms with Gasteiger partial charge in [0, 0.05) is 22.7 Å². The number of para-hydroxylation sites is 1. The number of carbonyl (C=O) groups is 1. The summed E-state index contributed by atoms with van der Waals surface area (Å²) in [5.74, 6) is -1.31. The van der Waals surface area contributed by atoms with Crippen LogP contribution >= 0.6 is 0 Å². The van der Waals surface area contributed by atoms with Crippen molar-refractivity contribution >= 4 is 22.6 Å². The van der Waals surface area contributed by atoms with Crippen LogP contribution < -0.4 is 5.32 Å². The molecule has 2 heterocycles. The Kier molecular flexibility index (Phi) is 5.74. The molecular formula is C28H22FN3O3. The van der Waals surface area contributed by atoms with Crippen LogP contribution in [0.4, 0.5) is 10.1 Å². The molecule has 2 N–H and O–H groups in total. The van der Waals surface area contributed by atoms with E-state index in [4.69, 9.17) is 9.51 Å². The molecular weight excluding hydrogens is 445 g/mol. The number of carboxylic acid groups (broad SMARTS) is 1. The van der Waals surface area contributed by atoms with E-state index in [1.165, 1.54) is 18.4 Å². The van der Waals surface area contributed by atoms with Gasteiger partial charge in [-0.05, 0) is 66.9 Å². The lowest BCUT2D eigenvalue weighted by molar-refractivity contribution is 0.0698. The number of carboxylic acids is 1. The molecule has 0 aliphatic carbocycles. The summed E-state index contributed by atoms with van der Waals surface area (Å²) >= 11 is 0. The van der Waals surface area contributed by atoms with Gasteiger partial charge in [-0.15, -0.1) is 0 Å². The fraction of sp³-hybridized carbons (Fsp3) is 0.107. The van der Waals surface area contributed by atoms with Crippen LogP contribution in [0.15, 0.2) is 83.7 Å². The number of nitrogens with one attached hydrogen (secondary N) is 1. The highest BCUT2D eigenvalue weighted by molar-refractivity contribution is 5.95. The minimum atomic E-state index is -0.993. The fourth-order valence-corrected chi connectivity index (χ4v) is 4.31. The van der Waals surface area contributed by atoms with Crippen molar-refractivity contribution in [3.63, 3.8) is 0 Å². The largest absolute Gasteiger partial charge is 0.478 e. The van der Waals surface area contributed by atoms with E-state index >= 15 is 0 Å². The van der Waals surface area contributed by atoms with Crippen molar-refractivity contribution in [1.29, 1.82) is 0 Å². The van der Waals surface area contributed by atoms with Gasteiger partial charge in [0.1, 0.15) is 12.1 Å². The Bertz CT molecular complexity index is 1530. The van der Waals surface area contributed by atoms with Gasteiger partial charge in [-0.2, -0.15) is 0 Å². The Morgan fingerprint density at radius 3 is 2.54 bits per heavy atom. The van der Waals surface area contributed by atoms with E-state index in [2.05, 4.69) is 16.5 Å². The molecule has 7 heteroatoms. The van der Waals surface area contributed by atoms with E-state index in [0.29, 0.717) is 11.4 Å². The van der Waals surface area contributed by atoms with E-state index in [1.807, 2.05) is 26.0 Å². The average molecular weight is 468 g/mol. The maximum Gasteiger partial charge on any atom is 0.337 e. The van der Waals surface area contributed by atoms with Crippen molar-refractivity contribution in [2.75, 3.05) is 5.32 Å². The van der Waals surface area contributed by atoms with Crippen LogP contribution in [0.2, 0.25) is 0 Å². The third-order valence-corrected chi connectivity index (χ3v) is 5.97. The summed E-state index contributed by atoms with van der Waals surface area (Å²) in [4.78, 5) is 16.6. The number of hydrogen-bond donors (Lipinski definition) is 2. The number of halogens is 1. The molecule has 35 heavy (non-hydrogen) atoms. The Morgan fingerprint density at radius 2 is 1.83 bits per heavy atom. The summed E-state index contributed by atoms with van der Waals surface area (Å²) in [6.07, 6.45) is 3.13. The molecule has 6 nitrogen and oxygen atoms in total. The molecule has 0 aliphatic heterocycles. The lowest BCUT2D eigenvalue weighted by Crippen LogP contribution is -2.11. The fourth-order valence-electron chi connectivity index (χ4n) is 4.31. The van der Waals surface area contributed by atoms with Crippen LogP contribution in [0, 0.1) is 12.7 Å². The van der Waals surface area contributed by atoms with Gasteiger partial charge < -0.3 is 14.9 Å². The molecule has 0 radical (unpaired) electrons. The third-order valence-electron chi connectivity index (χ3n) is 5.97. The first-order valence-electron chi connectivity index (χ1n) is 11.1. The lowest BCUT2D eigenvalue weighted by Gasteiger charge is -2.21. The first-order chi connectivity index (χ1) is 16.9. The first-order valence-corrected chi connectivity index (χ1v) is 11.1. The van der Waals surface area contributed by atoms with Crippen LogP contribution in [-0.2, 0) is 0 Å². The van der Waals surface area contributed by atoms with Crippen molar-refractivity contribution in [3.8, 4) is 22.4 Å². The van der Waals surface area contributed by atoms with Gasteiger partial charge in [0.2, 0.25) is 0 Å². The highest BCUT2D eigenvalue weighted by Gasteiger charge is 2.19. The Balaban J connectivity index is 1.69. The number of aromatic nitrogens is 2. The minimum absolute atomic E-state index is 0.205. The molecule has 0 bridgehead atoms. The molecule has 0 aliphatic rings. The summed E-state index contributed by atoms with van der Waals surface area (Å²) in [5, 5.41) is 17.7. The summed E-state index contributed by atoms with van der Waals surface area (Å²) in [6, 6.07) is 19.0. The number of pyridine rings is 1. The minimum Gasteiger partial charge on any atom is -0.478 e. The molecule has 2 aromatic heterocycles. The second-order valence-corrected chi connectivity index (χ2v) is 8.44. The number of nitrogens with zero attached hydrogens (tertiary/aromatic N) is 2. The highest BCUT2D eigenvalue weighted by Crippen LogP contribution is 2.37. The maximum absolute atomic E-state index is 13.6. The molecule has 1 unspecified atom stereocenters. The van der Waals surface area contributed by atoms with Crippen molar-refractivity contribution in [2.45, 2.75) is 19.9 Å². The average Bonchev–Trinajstić information content (AvgIpc) is 3.38. The number of benzene rings is 3. The number of fused-ring (bicyclic) bond motifs is 1. The quantitative estimate of drug-likeness (QED) is 0.283. The van der Waals surface area contributed by atoms with Crippen LogP contribution in [0.5, 0.6) is 0 Å². The van der Waals surface area contributed by atoms with Gasteiger partial charge in [-0.1, -0.05) is 35.5 Å². The highest BCUT2D eigenvalue weighted by atomic mass is 19.1. The molecule has 1 atom stereocenters. The van der Waals surface area contributed by atoms with Crippen LogP contribution in [0.1, 0.15) is 34.5 Å². The van der Waals surface area contributed by atoms with E-state index in [1.54, 1.807) is 42.6 Å². The zero-order valence-electron chi connectivity index (χ0n) is 19.1. The molecule has 3 aromatic carbocycles. The third kappa shape index (κ3) is 4.36. The van der Waals surface area contributed by atoms with Gasteiger partial charge in [0.25, 0.3) is 0 Å². The monoisotopic (exact) mass is 467 g/mol. The van der Waals surface area contributed by atoms with Crippen molar-refractivity contribution in [2.24, 2.45) is 0 Å². The Hall–Kier alpha value is -4.52. The molecule has 5 rings (SSSR count). The smallest absolute Gasteiger partial charge is 0.337 e. The Morgan fingerprint density at radius 1 is 1.06 bits per heavy atom. The van der Waals surface area contributed by atoms with Gasteiger partial charge in [-0.3, -0.25) is 0 Å². The second kappa shape index (κ2) is 9.02. The molecule has 0 saturated heterocycles. The van der Waals surface area contributed by atoms with Crippen LogP contribution in [0.25, 0.3) is 33.3 Å². The summed E-state index contributed by atoms with van der Waals surface area (Å²) in [7, 11) is 0. The molecule has 5 aromatic rings. The molecule has 0 saturated carbocycles. The van der Waals surface area contributed by atoms with E-state index in [0.717, 1.165) is 38.7 Å². The summed E-state index contributed by atoms with van der Waals surface area (Å²) < 4.78 is 18.7. The van der Waals surface area contributed by atoms with E-state index in [-0.39, 0.29) is 17.4 Å². The number of rotatable bonds is 6. The SMILES string of the molecule is Cc1cc(C(C)Nc2ccccc2C(=O)O)c2cc(-c3ccc(F)cc3)c(-c3cnoc3)nc2c1. The normalized spacial score (nSPS) is 12.0. The molecule has 0 spiro atoms. The number of aryl methyl sites for hydroxylation is 1. The van der Waals surface area contributed by atoms with Crippen molar-refractivity contribution < 1.29 is 18.8 Å². The van der Waals surface area contributed by atoms with Gasteiger partial charge in [-0.25, -0.2) is 14.2 Å². The van der Waals surface area contributed by atoms with Crippen LogP contribution in [0.3, 0.4) is 0 Å². The standard InChI is InChI=1S/C28H22FN3O3/c1-16-11-22(17(2)31-25-6-4-3-5-21(25)28(33)34)24-13-23(18-7-9-20(29)10-8-18)27(32-26(24)12-16)19-14-30-35-15-19/h3-15,17,31H,1-2H3,(H,33,34). The number of aromatic carboxylic acids is 1. The summed E-state index contributed by atoms with van der Waals surface area (Å²) in [6.45, 7) is 3.98. The molecule has 174 valence electrons. The van der Waals surface area contributed by atoms with Crippen LogP contribution in [-0.4, -0.2) is 21.2 Å². The first kappa shape index (κ1) is 22.3. The molecule has 0 amide bonds. The summed E-state index contributed by atoms with van der Waals surface area (Å²) in [5.41, 5.74) is 6.52. The maximum atomic E-state index is 13.6. The van der Waals surface area contributed by atoms with Gasteiger partial charge in [0.05, 0.1) is 28.5 Å². The lowest BCUT2D eigenvalue weighted by atomic mass is 9.94. The van der Waals surface area contributed by atoms with Crippen molar-refractivity contribution in [3.05, 3.63) is 102 Å². The predicted octanol–water partition coefficient (Wildman–Crippen LogP) is 6.88. The predicted molar refractivity (Wildman–Crippen MR) is 133 cm³/mol. The van der Waals surface area contributed by atoms with Gasteiger partial charge >= 0.3 is 5.97 Å². The zero-order valence-corrected chi connectivity index (χ0v) is 19.1. The Labute approximate surface area is 201 Å². The van der Waals surface area contributed by atoms with Crippen molar-refractivity contribution in [1.82, 2.24) is 10.1 Å². The zero-order chi connectivity index (χ0) is 24.5. The van der Waals surface area contributed by atoms with E-state index in [9.17, 15) is 14.3 Å². The topological polar surface area (TPSA) is 88.2 Å². The molecule has 0 fully saturated rings. The van der Waals surface area contributed by atoms with Gasteiger partial charge in [0.15, 0.2) is 0 Å². The second-order valence-electron chi connectivity index (χ2n) is 8.44. The number of anilines is 1. The van der Waals surface area contributed by atoms with E-state index < -0.39 is 5.97 Å².